The second-order valence-electron chi connectivity index (χ2n) is 6.12. The molecule has 0 aromatic heterocycles. The van der Waals surface area contributed by atoms with E-state index in [1.54, 1.807) is 19.0 Å². The molecule has 0 bridgehead atoms. The largest absolute Gasteiger partial charge is 0.397 e. The Morgan fingerprint density at radius 1 is 1.40 bits per heavy atom. The van der Waals surface area contributed by atoms with Crippen molar-refractivity contribution in [1.29, 1.82) is 0 Å². The molecule has 1 aliphatic rings. The van der Waals surface area contributed by atoms with E-state index in [9.17, 15) is 4.79 Å². The molecule has 1 aromatic rings. The fourth-order valence-corrected chi connectivity index (χ4v) is 2.97. The maximum Gasteiger partial charge on any atom is 0.253 e. The minimum Gasteiger partial charge on any atom is -0.397 e. The molecule has 1 aliphatic heterocycles. The maximum atomic E-state index is 12.1. The van der Waals surface area contributed by atoms with Gasteiger partial charge in [-0.25, -0.2) is 0 Å². The number of nitrogens with two attached hydrogens (primary N) is 1. The van der Waals surface area contributed by atoms with E-state index in [2.05, 4.69) is 18.7 Å². The van der Waals surface area contributed by atoms with E-state index in [4.69, 9.17) is 5.73 Å². The summed E-state index contributed by atoms with van der Waals surface area (Å²) in [6.45, 7) is 5.51. The van der Waals surface area contributed by atoms with Gasteiger partial charge in [0.15, 0.2) is 0 Å². The van der Waals surface area contributed by atoms with Gasteiger partial charge in [0.05, 0.1) is 11.4 Å². The van der Waals surface area contributed by atoms with Gasteiger partial charge in [0, 0.05) is 32.2 Å². The Kier molecular flexibility index (Phi) is 4.21. The second-order valence-corrected chi connectivity index (χ2v) is 6.12. The maximum absolute atomic E-state index is 12.1. The number of nitrogen functional groups attached to an aromatic ring is 1. The van der Waals surface area contributed by atoms with Crippen molar-refractivity contribution in [1.82, 2.24) is 4.90 Å². The van der Waals surface area contributed by atoms with Gasteiger partial charge in [0.2, 0.25) is 0 Å². The number of hydrogen-bond acceptors (Lipinski definition) is 3. The van der Waals surface area contributed by atoms with E-state index in [1.807, 2.05) is 18.2 Å². The Morgan fingerprint density at radius 3 is 2.70 bits per heavy atom. The lowest BCUT2D eigenvalue weighted by atomic mass is 10.0. The third-order valence-corrected chi connectivity index (χ3v) is 4.06. The van der Waals surface area contributed by atoms with E-state index < -0.39 is 0 Å². The minimum absolute atomic E-state index is 0.0199. The van der Waals surface area contributed by atoms with E-state index in [0.29, 0.717) is 17.5 Å². The minimum atomic E-state index is 0.0199. The SMILES string of the molecule is CC(C)C1CCCN1c1cc(C(=O)N(C)C)ccc1N. The molecule has 1 amide bonds. The first-order chi connectivity index (χ1) is 9.41. The zero-order valence-electron chi connectivity index (χ0n) is 12.9. The molecule has 4 nitrogen and oxygen atoms in total. The fraction of sp³-hybridized carbons (Fsp3) is 0.562. The van der Waals surface area contributed by atoms with Gasteiger partial charge in [0.25, 0.3) is 5.91 Å². The van der Waals surface area contributed by atoms with Crippen molar-refractivity contribution >= 4 is 17.3 Å². The molecular weight excluding hydrogens is 250 g/mol. The van der Waals surface area contributed by atoms with Crippen LogP contribution in [-0.4, -0.2) is 37.5 Å². The molecular formula is C16H25N3O. The lowest BCUT2D eigenvalue weighted by molar-refractivity contribution is 0.0827. The summed E-state index contributed by atoms with van der Waals surface area (Å²) < 4.78 is 0. The fourth-order valence-electron chi connectivity index (χ4n) is 2.97. The van der Waals surface area contributed by atoms with Crippen LogP contribution in [0.15, 0.2) is 18.2 Å². The molecule has 110 valence electrons. The molecule has 1 saturated heterocycles. The van der Waals surface area contributed by atoms with Gasteiger partial charge in [-0.2, -0.15) is 0 Å². The van der Waals surface area contributed by atoms with Crippen LogP contribution in [0.1, 0.15) is 37.0 Å². The van der Waals surface area contributed by atoms with Crippen LogP contribution < -0.4 is 10.6 Å². The van der Waals surface area contributed by atoms with Crippen molar-refractivity contribution in [3.05, 3.63) is 23.8 Å². The highest BCUT2D eigenvalue weighted by Crippen LogP contribution is 2.34. The van der Waals surface area contributed by atoms with E-state index >= 15 is 0 Å². The van der Waals surface area contributed by atoms with Gasteiger partial charge in [-0.1, -0.05) is 13.8 Å². The van der Waals surface area contributed by atoms with Crippen LogP contribution in [-0.2, 0) is 0 Å². The molecule has 0 aliphatic carbocycles. The molecule has 1 atom stereocenters. The van der Waals surface area contributed by atoms with Gasteiger partial charge in [-0.05, 0) is 37.0 Å². The summed E-state index contributed by atoms with van der Waals surface area (Å²) in [5.41, 5.74) is 8.61. The average Bonchev–Trinajstić information content (AvgIpc) is 2.87. The number of amides is 1. The summed E-state index contributed by atoms with van der Waals surface area (Å²) in [6, 6.07) is 6.11. The number of anilines is 2. The Hall–Kier alpha value is -1.71. The van der Waals surface area contributed by atoms with Gasteiger partial charge < -0.3 is 15.5 Å². The Labute approximate surface area is 121 Å². The third kappa shape index (κ3) is 2.74. The lowest BCUT2D eigenvalue weighted by Crippen LogP contribution is -2.34. The molecule has 0 spiro atoms. The molecule has 1 unspecified atom stereocenters. The summed E-state index contributed by atoms with van der Waals surface area (Å²) in [5, 5.41) is 0. The van der Waals surface area contributed by atoms with Crippen molar-refractivity contribution in [2.75, 3.05) is 31.3 Å². The van der Waals surface area contributed by atoms with Crippen LogP contribution in [0.25, 0.3) is 0 Å². The Bertz CT molecular complexity index is 496. The average molecular weight is 275 g/mol. The van der Waals surface area contributed by atoms with Crippen molar-refractivity contribution in [2.45, 2.75) is 32.7 Å². The monoisotopic (exact) mass is 275 g/mol. The van der Waals surface area contributed by atoms with Crippen LogP contribution in [0.2, 0.25) is 0 Å². The topological polar surface area (TPSA) is 49.6 Å². The molecule has 0 radical (unpaired) electrons. The van der Waals surface area contributed by atoms with Crippen molar-refractivity contribution < 1.29 is 4.79 Å². The first-order valence-corrected chi connectivity index (χ1v) is 7.29. The molecule has 2 N–H and O–H groups in total. The Balaban J connectivity index is 2.36. The quantitative estimate of drug-likeness (QED) is 0.863. The highest BCUT2D eigenvalue weighted by Gasteiger charge is 2.28. The number of nitrogens with zero attached hydrogens (tertiary/aromatic N) is 2. The van der Waals surface area contributed by atoms with Crippen molar-refractivity contribution in [2.24, 2.45) is 5.92 Å². The molecule has 1 aromatic carbocycles. The summed E-state index contributed by atoms with van der Waals surface area (Å²) >= 11 is 0. The molecule has 2 rings (SSSR count). The number of carbonyl (C=O) groups excluding carboxylic acids is 1. The van der Waals surface area contributed by atoms with Crippen LogP contribution in [0, 0.1) is 5.92 Å². The van der Waals surface area contributed by atoms with Crippen LogP contribution >= 0.6 is 0 Å². The van der Waals surface area contributed by atoms with Crippen molar-refractivity contribution in [3.8, 4) is 0 Å². The molecule has 4 heteroatoms. The number of hydrogen-bond donors (Lipinski definition) is 1. The second kappa shape index (κ2) is 5.73. The van der Waals surface area contributed by atoms with Crippen molar-refractivity contribution in [3.63, 3.8) is 0 Å². The van der Waals surface area contributed by atoms with Gasteiger partial charge in [0.1, 0.15) is 0 Å². The zero-order valence-corrected chi connectivity index (χ0v) is 12.9. The highest BCUT2D eigenvalue weighted by molar-refractivity contribution is 5.96. The summed E-state index contributed by atoms with van der Waals surface area (Å²) in [6.07, 6.45) is 2.39. The molecule has 20 heavy (non-hydrogen) atoms. The summed E-state index contributed by atoms with van der Waals surface area (Å²) in [7, 11) is 3.54. The standard InChI is InChI=1S/C16H25N3O/c1-11(2)14-6-5-9-19(14)15-10-12(7-8-13(15)17)16(20)18(3)4/h7-8,10-11,14H,5-6,9,17H2,1-4H3. The van der Waals surface area contributed by atoms with Gasteiger partial charge in [-0.3, -0.25) is 4.79 Å². The zero-order chi connectivity index (χ0) is 14.9. The van der Waals surface area contributed by atoms with E-state index in [1.165, 1.54) is 12.8 Å². The predicted molar refractivity (Wildman–Crippen MR) is 84.1 cm³/mol. The van der Waals surface area contributed by atoms with E-state index in [0.717, 1.165) is 17.9 Å². The first-order valence-electron chi connectivity index (χ1n) is 7.29. The van der Waals surface area contributed by atoms with Crippen LogP contribution in [0.4, 0.5) is 11.4 Å². The normalized spacial score (nSPS) is 18.6. The molecule has 1 heterocycles. The van der Waals surface area contributed by atoms with Crippen LogP contribution in [0.5, 0.6) is 0 Å². The summed E-state index contributed by atoms with van der Waals surface area (Å²) in [5.74, 6) is 0.608. The number of benzene rings is 1. The number of rotatable bonds is 3. The van der Waals surface area contributed by atoms with Gasteiger partial charge >= 0.3 is 0 Å². The van der Waals surface area contributed by atoms with Gasteiger partial charge in [-0.15, -0.1) is 0 Å². The third-order valence-electron chi connectivity index (χ3n) is 4.06. The molecule has 1 fully saturated rings. The Morgan fingerprint density at radius 2 is 2.10 bits per heavy atom. The lowest BCUT2D eigenvalue weighted by Gasteiger charge is -2.31. The highest BCUT2D eigenvalue weighted by atomic mass is 16.2. The van der Waals surface area contributed by atoms with E-state index in [-0.39, 0.29) is 5.91 Å². The smallest absolute Gasteiger partial charge is 0.253 e. The van der Waals surface area contributed by atoms with Crippen LogP contribution in [0.3, 0.4) is 0 Å². The summed E-state index contributed by atoms with van der Waals surface area (Å²) in [4.78, 5) is 16.1. The first kappa shape index (κ1) is 14.7. The predicted octanol–water partition coefficient (Wildman–Crippen LogP) is 2.60. The number of carbonyl (C=O) groups is 1. The molecule has 0 saturated carbocycles.